The van der Waals surface area contributed by atoms with Gasteiger partial charge in [-0.2, -0.15) is 0 Å². The number of aliphatic carboxylic acids is 1. The lowest BCUT2D eigenvalue weighted by Crippen LogP contribution is -2.33. The molecule has 1 aromatic rings. The molecule has 1 rings (SSSR count). The van der Waals surface area contributed by atoms with Crippen molar-refractivity contribution in [3.8, 4) is 18.1 Å². The highest BCUT2D eigenvalue weighted by Crippen LogP contribution is 2.25. The van der Waals surface area contributed by atoms with E-state index in [0.29, 0.717) is 5.56 Å². The number of carboxylic acid groups (broad SMARTS) is 1. The van der Waals surface area contributed by atoms with E-state index in [1.807, 2.05) is 0 Å². The van der Waals surface area contributed by atoms with Crippen LogP contribution in [0.15, 0.2) is 18.2 Å². The van der Waals surface area contributed by atoms with Crippen molar-refractivity contribution in [2.45, 2.75) is 13.0 Å². The van der Waals surface area contributed by atoms with E-state index in [-0.39, 0.29) is 18.8 Å². The molecule has 0 aliphatic carbocycles. The van der Waals surface area contributed by atoms with E-state index in [4.69, 9.17) is 16.6 Å². The van der Waals surface area contributed by atoms with Gasteiger partial charge in [0, 0.05) is 17.7 Å². The average Bonchev–Trinajstić information content (AvgIpc) is 2.27. The lowest BCUT2D eigenvalue weighted by molar-refractivity contribution is -0.138. The molecule has 0 saturated heterocycles. The normalized spacial score (nSPS) is 12.1. The fraction of sp³-hybridized carbons (Fsp3) is 0.308. The van der Waals surface area contributed by atoms with Gasteiger partial charge >= 0.3 is 5.97 Å². The second-order valence-electron chi connectivity index (χ2n) is 3.88. The maximum atomic E-state index is 13.7. The van der Waals surface area contributed by atoms with Gasteiger partial charge in [-0.15, -0.1) is 6.42 Å². The Morgan fingerprint density at radius 2 is 2.28 bits per heavy atom. The summed E-state index contributed by atoms with van der Waals surface area (Å²) in [5.41, 5.74) is 0.296. The van der Waals surface area contributed by atoms with Crippen molar-refractivity contribution in [2.24, 2.45) is 0 Å². The molecule has 1 atom stereocenters. The summed E-state index contributed by atoms with van der Waals surface area (Å²) in [6.07, 6.45) is 5.16. The maximum absolute atomic E-state index is 13.7. The van der Waals surface area contributed by atoms with Crippen LogP contribution in [-0.4, -0.2) is 34.2 Å². The molecule has 5 heteroatoms. The molecule has 96 valence electrons. The van der Waals surface area contributed by atoms with Crippen LogP contribution in [0.3, 0.4) is 0 Å². The molecule has 0 radical (unpaired) electrons. The SMILES string of the molecule is C#CCN(CC(=O)O)C(C)c1ccc(O)cc1F. The number of carbonyl (C=O) groups is 1. The first kappa shape index (κ1) is 14.0. The molecule has 0 fully saturated rings. The van der Waals surface area contributed by atoms with Crippen LogP contribution in [0.5, 0.6) is 5.75 Å². The first-order chi connectivity index (χ1) is 8.45. The van der Waals surface area contributed by atoms with Gasteiger partial charge < -0.3 is 10.2 Å². The fourth-order valence-corrected chi connectivity index (χ4v) is 1.67. The number of phenols is 1. The number of halogens is 1. The van der Waals surface area contributed by atoms with Crippen LogP contribution >= 0.6 is 0 Å². The average molecular weight is 251 g/mol. The van der Waals surface area contributed by atoms with Crippen LogP contribution in [0.2, 0.25) is 0 Å². The quantitative estimate of drug-likeness (QED) is 0.780. The van der Waals surface area contributed by atoms with E-state index in [1.165, 1.54) is 17.0 Å². The van der Waals surface area contributed by atoms with E-state index < -0.39 is 17.8 Å². The van der Waals surface area contributed by atoms with Gasteiger partial charge in [0.2, 0.25) is 0 Å². The van der Waals surface area contributed by atoms with Crippen LogP contribution in [0.4, 0.5) is 4.39 Å². The Hall–Kier alpha value is -2.06. The monoisotopic (exact) mass is 251 g/mol. The van der Waals surface area contributed by atoms with Crippen LogP contribution in [0, 0.1) is 18.2 Å². The number of hydrogen-bond acceptors (Lipinski definition) is 3. The largest absolute Gasteiger partial charge is 0.508 e. The van der Waals surface area contributed by atoms with E-state index >= 15 is 0 Å². The summed E-state index contributed by atoms with van der Waals surface area (Å²) in [6.45, 7) is 1.50. The maximum Gasteiger partial charge on any atom is 0.317 e. The van der Waals surface area contributed by atoms with E-state index in [0.717, 1.165) is 6.07 Å². The second-order valence-corrected chi connectivity index (χ2v) is 3.88. The molecule has 0 amide bonds. The zero-order chi connectivity index (χ0) is 13.7. The molecule has 1 aromatic carbocycles. The highest BCUT2D eigenvalue weighted by atomic mass is 19.1. The molecule has 0 aromatic heterocycles. The summed E-state index contributed by atoms with van der Waals surface area (Å²) < 4.78 is 13.7. The number of aromatic hydroxyl groups is 1. The van der Waals surface area contributed by atoms with Gasteiger partial charge in [0.05, 0.1) is 13.1 Å². The number of rotatable bonds is 5. The third-order valence-corrected chi connectivity index (χ3v) is 2.61. The molecule has 0 bridgehead atoms. The zero-order valence-electron chi connectivity index (χ0n) is 9.93. The Morgan fingerprint density at radius 1 is 1.61 bits per heavy atom. The molecule has 1 unspecified atom stereocenters. The predicted octanol–water partition coefficient (Wildman–Crippen LogP) is 1.61. The zero-order valence-corrected chi connectivity index (χ0v) is 9.93. The highest BCUT2D eigenvalue weighted by molar-refractivity contribution is 5.69. The summed E-state index contributed by atoms with van der Waals surface area (Å²) in [5.74, 6) is 0.550. The Kier molecular flexibility index (Phi) is 4.69. The molecule has 0 aliphatic rings. The number of hydrogen-bond donors (Lipinski definition) is 2. The van der Waals surface area contributed by atoms with Crippen molar-refractivity contribution < 1.29 is 19.4 Å². The summed E-state index contributed by atoms with van der Waals surface area (Å²) >= 11 is 0. The molecular weight excluding hydrogens is 237 g/mol. The second kappa shape index (κ2) is 6.03. The molecular formula is C13H14FNO3. The Labute approximate surface area is 105 Å². The molecule has 0 saturated carbocycles. The summed E-state index contributed by atoms with van der Waals surface area (Å²) in [5, 5.41) is 17.9. The smallest absolute Gasteiger partial charge is 0.317 e. The van der Waals surface area contributed by atoms with Crippen molar-refractivity contribution >= 4 is 5.97 Å². The summed E-state index contributed by atoms with van der Waals surface area (Å²) in [4.78, 5) is 12.2. The molecule has 0 aliphatic heterocycles. The van der Waals surface area contributed by atoms with Gasteiger partial charge in [-0.25, -0.2) is 4.39 Å². The number of benzene rings is 1. The Balaban J connectivity index is 2.98. The lowest BCUT2D eigenvalue weighted by Gasteiger charge is -2.26. The Morgan fingerprint density at radius 3 is 2.78 bits per heavy atom. The van der Waals surface area contributed by atoms with Gasteiger partial charge in [-0.1, -0.05) is 12.0 Å². The van der Waals surface area contributed by atoms with E-state index in [1.54, 1.807) is 6.92 Å². The molecule has 0 heterocycles. The van der Waals surface area contributed by atoms with Gasteiger partial charge in [-0.3, -0.25) is 9.69 Å². The summed E-state index contributed by atoms with van der Waals surface area (Å²) in [7, 11) is 0. The van der Waals surface area contributed by atoms with Crippen molar-refractivity contribution in [3.63, 3.8) is 0 Å². The van der Waals surface area contributed by atoms with Gasteiger partial charge in [0.15, 0.2) is 0 Å². The van der Waals surface area contributed by atoms with Crippen molar-refractivity contribution in [1.82, 2.24) is 4.90 Å². The minimum absolute atomic E-state index is 0.105. The molecule has 0 spiro atoms. The molecule has 4 nitrogen and oxygen atoms in total. The van der Waals surface area contributed by atoms with Gasteiger partial charge in [0.25, 0.3) is 0 Å². The number of nitrogens with zero attached hydrogens (tertiary/aromatic N) is 1. The molecule has 18 heavy (non-hydrogen) atoms. The summed E-state index contributed by atoms with van der Waals surface area (Å²) in [6, 6.07) is 3.27. The van der Waals surface area contributed by atoms with Crippen molar-refractivity contribution in [3.05, 3.63) is 29.6 Å². The number of terminal acetylenes is 1. The minimum atomic E-state index is -1.03. The standard InChI is InChI=1S/C13H14FNO3/c1-3-6-15(8-13(17)18)9(2)11-5-4-10(16)7-12(11)14/h1,4-5,7,9,16H,6,8H2,2H3,(H,17,18). The fourth-order valence-electron chi connectivity index (χ4n) is 1.67. The third kappa shape index (κ3) is 3.47. The molecule has 2 N–H and O–H groups in total. The van der Waals surface area contributed by atoms with Crippen LogP contribution in [0.25, 0.3) is 0 Å². The predicted molar refractivity (Wildman–Crippen MR) is 64.5 cm³/mol. The van der Waals surface area contributed by atoms with Crippen molar-refractivity contribution in [2.75, 3.05) is 13.1 Å². The third-order valence-electron chi connectivity index (χ3n) is 2.61. The number of phenolic OH excluding ortho intramolecular Hbond substituents is 1. The number of carboxylic acids is 1. The van der Waals surface area contributed by atoms with Crippen molar-refractivity contribution in [1.29, 1.82) is 0 Å². The minimum Gasteiger partial charge on any atom is -0.508 e. The van der Waals surface area contributed by atoms with E-state index in [9.17, 15) is 9.18 Å². The Bertz CT molecular complexity index is 482. The van der Waals surface area contributed by atoms with Crippen LogP contribution in [-0.2, 0) is 4.79 Å². The lowest BCUT2D eigenvalue weighted by atomic mass is 10.1. The van der Waals surface area contributed by atoms with Crippen LogP contribution < -0.4 is 0 Å². The highest BCUT2D eigenvalue weighted by Gasteiger charge is 2.20. The van der Waals surface area contributed by atoms with Crippen LogP contribution in [0.1, 0.15) is 18.5 Å². The first-order valence-electron chi connectivity index (χ1n) is 5.33. The topological polar surface area (TPSA) is 60.8 Å². The first-order valence-corrected chi connectivity index (χ1v) is 5.33. The van der Waals surface area contributed by atoms with Gasteiger partial charge in [-0.05, 0) is 13.0 Å². The van der Waals surface area contributed by atoms with E-state index in [2.05, 4.69) is 5.92 Å². The van der Waals surface area contributed by atoms with Gasteiger partial charge in [0.1, 0.15) is 11.6 Å².